The Kier molecular flexibility index (Phi) is 5.55. The van der Waals surface area contributed by atoms with Gasteiger partial charge in [0.1, 0.15) is 11.6 Å². The van der Waals surface area contributed by atoms with E-state index >= 15 is 0 Å². The van der Waals surface area contributed by atoms with Crippen LogP contribution in [-0.2, 0) is 4.79 Å². The maximum absolute atomic E-state index is 13.4. The number of amides is 1. The average molecular weight is 306 g/mol. The summed E-state index contributed by atoms with van der Waals surface area (Å²) in [6, 6.07) is 2.08. The summed E-state index contributed by atoms with van der Waals surface area (Å²) in [6.45, 7) is 1.47. The summed E-state index contributed by atoms with van der Waals surface area (Å²) in [5.41, 5.74) is 0.122. The molecule has 1 aromatic rings. The van der Waals surface area contributed by atoms with Crippen LogP contribution in [0.25, 0.3) is 0 Å². The molecular formula is C12H14BrF2NO. The van der Waals surface area contributed by atoms with Crippen LogP contribution in [0.15, 0.2) is 12.1 Å². The van der Waals surface area contributed by atoms with E-state index in [1.807, 2.05) is 0 Å². The third kappa shape index (κ3) is 4.42. The Morgan fingerprint density at radius 2 is 2.00 bits per heavy atom. The molecule has 1 rings (SSSR count). The van der Waals surface area contributed by atoms with Crippen molar-refractivity contribution in [1.82, 2.24) is 0 Å². The maximum atomic E-state index is 13.4. The van der Waals surface area contributed by atoms with E-state index in [9.17, 15) is 13.6 Å². The Morgan fingerprint density at radius 1 is 1.29 bits per heavy atom. The number of benzene rings is 1. The first-order valence-corrected chi connectivity index (χ1v) is 6.48. The Labute approximate surface area is 108 Å². The molecule has 5 heteroatoms. The molecule has 2 nitrogen and oxygen atoms in total. The van der Waals surface area contributed by atoms with Gasteiger partial charge in [0, 0.05) is 17.8 Å². The van der Waals surface area contributed by atoms with Crippen LogP contribution in [0, 0.1) is 18.6 Å². The molecule has 0 aromatic heterocycles. The van der Waals surface area contributed by atoms with Crippen molar-refractivity contribution < 1.29 is 13.6 Å². The normalized spacial score (nSPS) is 10.4. The van der Waals surface area contributed by atoms with Gasteiger partial charge in [0.15, 0.2) is 0 Å². The molecule has 0 aliphatic rings. The molecule has 94 valence electrons. The van der Waals surface area contributed by atoms with Gasteiger partial charge in [-0.25, -0.2) is 8.78 Å². The molecular weight excluding hydrogens is 292 g/mol. The highest BCUT2D eigenvalue weighted by atomic mass is 79.9. The summed E-state index contributed by atoms with van der Waals surface area (Å²) in [6.07, 6.45) is 1.89. The maximum Gasteiger partial charge on any atom is 0.224 e. The number of halogens is 3. The molecule has 0 spiro atoms. The van der Waals surface area contributed by atoms with Gasteiger partial charge in [-0.05, 0) is 31.4 Å². The van der Waals surface area contributed by atoms with Gasteiger partial charge in [0.05, 0.1) is 5.69 Å². The van der Waals surface area contributed by atoms with E-state index in [0.717, 1.165) is 23.9 Å². The highest BCUT2D eigenvalue weighted by Crippen LogP contribution is 2.19. The standard InChI is InChI=1S/C12H14BrF2NO/c1-8-6-10(15)11(7-9(8)14)16-12(17)4-2-3-5-13/h6-7H,2-5H2,1H3,(H,16,17). The zero-order chi connectivity index (χ0) is 12.8. The number of unbranched alkanes of at least 4 members (excludes halogenated alkanes) is 1. The van der Waals surface area contributed by atoms with E-state index in [4.69, 9.17) is 0 Å². The Balaban J connectivity index is 2.62. The first-order chi connectivity index (χ1) is 8.04. The topological polar surface area (TPSA) is 29.1 Å². The van der Waals surface area contributed by atoms with E-state index in [1.165, 1.54) is 6.92 Å². The number of aryl methyl sites for hydroxylation is 1. The van der Waals surface area contributed by atoms with Crippen molar-refractivity contribution >= 4 is 27.5 Å². The minimum atomic E-state index is -0.613. The largest absolute Gasteiger partial charge is 0.324 e. The van der Waals surface area contributed by atoms with Crippen molar-refractivity contribution in [3.63, 3.8) is 0 Å². The van der Waals surface area contributed by atoms with Crippen LogP contribution in [0.2, 0.25) is 0 Å². The van der Waals surface area contributed by atoms with Gasteiger partial charge in [0.2, 0.25) is 5.91 Å². The highest BCUT2D eigenvalue weighted by Gasteiger charge is 2.10. The number of nitrogens with one attached hydrogen (secondary N) is 1. The van der Waals surface area contributed by atoms with Crippen LogP contribution >= 0.6 is 15.9 Å². The van der Waals surface area contributed by atoms with Crippen molar-refractivity contribution in [2.24, 2.45) is 0 Å². The second-order valence-electron chi connectivity index (χ2n) is 3.78. The minimum absolute atomic E-state index is 0.100. The smallest absolute Gasteiger partial charge is 0.224 e. The number of hydrogen-bond donors (Lipinski definition) is 1. The SMILES string of the molecule is Cc1cc(F)c(NC(=O)CCCCBr)cc1F. The molecule has 0 saturated heterocycles. The molecule has 0 unspecified atom stereocenters. The average Bonchev–Trinajstić information content (AvgIpc) is 2.26. The highest BCUT2D eigenvalue weighted by molar-refractivity contribution is 9.09. The van der Waals surface area contributed by atoms with Gasteiger partial charge in [-0.1, -0.05) is 15.9 Å². The van der Waals surface area contributed by atoms with Crippen LogP contribution in [0.5, 0.6) is 0 Å². The number of carbonyl (C=O) groups is 1. The summed E-state index contributed by atoms with van der Waals surface area (Å²) < 4.78 is 26.6. The van der Waals surface area contributed by atoms with Crippen LogP contribution in [0.1, 0.15) is 24.8 Å². The lowest BCUT2D eigenvalue weighted by Gasteiger charge is -2.07. The molecule has 1 N–H and O–H groups in total. The fraction of sp³-hybridized carbons (Fsp3) is 0.417. The van der Waals surface area contributed by atoms with Gasteiger partial charge in [-0.3, -0.25) is 4.79 Å². The quantitative estimate of drug-likeness (QED) is 0.651. The molecule has 0 radical (unpaired) electrons. The lowest BCUT2D eigenvalue weighted by molar-refractivity contribution is -0.116. The first kappa shape index (κ1) is 14.1. The van der Waals surface area contributed by atoms with E-state index in [1.54, 1.807) is 0 Å². The van der Waals surface area contributed by atoms with Gasteiger partial charge >= 0.3 is 0 Å². The van der Waals surface area contributed by atoms with E-state index in [0.29, 0.717) is 12.8 Å². The van der Waals surface area contributed by atoms with Crippen molar-refractivity contribution in [1.29, 1.82) is 0 Å². The molecule has 0 fully saturated rings. The number of alkyl halides is 1. The predicted octanol–water partition coefficient (Wildman–Crippen LogP) is 3.78. The fourth-order valence-electron chi connectivity index (χ4n) is 1.33. The zero-order valence-corrected chi connectivity index (χ0v) is 11.1. The van der Waals surface area contributed by atoms with Crippen molar-refractivity contribution in [2.75, 3.05) is 10.6 Å². The van der Waals surface area contributed by atoms with Gasteiger partial charge in [0.25, 0.3) is 0 Å². The second-order valence-corrected chi connectivity index (χ2v) is 4.57. The summed E-state index contributed by atoms with van der Waals surface area (Å²) in [4.78, 5) is 11.4. The van der Waals surface area contributed by atoms with Crippen LogP contribution < -0.4 is 5.32 Å². The van der Waals surface area contributed by atoms with Gasteiger partial charge in [-0.15, -0.1) is 0 Å². The Morgan fingerprint density at radius 3 is 2.65 bits per heavy atom. The molecule has 1 aromatic carbocycles. The van der Waals surface area contributed by atoms with Crippen molar-refractivity contribution in [3.05, 3.63) is 29.3 Å². The number of anilines is 1. The first-order valence-electron chi connectivity index (χ1n) is 5.36. The second kappa shape index (κ2) is 6.69. The number of hydrogen-bond acceptors (Lipinski definition) is 1. The summed E-state index contributed by atoms with van der Waals surface area (Å²) >= 11 is 3.25. The molecule has 0 heterocycles. The van der Waals surface area contributed by atoms with E-state index in [2.05, 4.69) is 21.2 Å². The van der Waals surface area contributed by atoms with Gasteiger partial charge in [-0.2, -0.15) is 0 Å². The third-order valence-electron chi connectivity index (χ3n) is 2.31. The number of rotatable bonds is 5. The molecule has 0 bridgehead atoms. The summed E-state index contributed by atoms with van der Waals surface area (Å²) in [7, 11) is 0. The summed E-state index contributed by atoms with van der Waals surface area (Å²) in [5.74, 6) is -1.44. The van der Waals surface area contributed by atoms with Crippen LogP contribution in [0.4, 0.5) is 14.5 Å². The van der Waals surface area contributed by atoms with Crippen molar-refractivity contribution in [2.45, 2.75) is 26.2 Å². The molecule has 0 atom stereocenters. The number of carbonyl (C=O) groups excluding carboxylic acids is 1. The molecule has 1 amide bonds. The fourth-order valence-corrected chi connectivity index (χ4v) is 1.73. The summed E-state index contributed by atoms with van der Waals surface area (Å²) in [5, 5.41) is 3.20. The predicted molar refractivity (Wildman–Crippen MR) is 67.4 cm³/mol. The van der Waals surface area contributed by atoms with Crippen LogP contribution in [0.3, 0.4) is 0 Å². The van der Waals surface area contributed by atoms with Crippen molar-refractivity contribution in [3.8, 4) is 0 Å². The minimum Gasteiger partial charge on any atom is -0.324 e. The molecule has 17 heavy (non-hydrogen) atoms. The Bertz CT molecular complexity index is 410. The van der Waals surface area contributed by atoms with E-state index in [-0.39, 0.29) is 17.2 Å². The molecule has 0 aliphatic heterocycles. The van der Waals surface area contributed by atoms with Crippen LogP contribution in [-0.4, -0.2) is 11.2 Å². The lowest BCUT2D eigenvalue weighted by Crippen LogP contribution is -2.12. The zero-order valence-electron chi connectivity index (χ0n) is 9.53. The monoisotopic (exact) mass is 305 g/mol. The Hall–Kier alpha value is -0.970. The molecule has 0 saturated carbocycles. The molecule has 0 aliphatic carbocycles. The lowest BCUT2D eigenvalue weighted by atomic mass is 10.2. The van der Waals surface area contributed by atoms with Gasteiger partial charge < -0.3 is 5.32 Å². The van der Waals surface area contributed by atoms with E-state index < -0.39 is 11.6 Å². The third-order valence-corrected chi connectivity index (χ3v) is 2.87.